The molecule has 4 amide bonds. The van der Waals surface area contributed by atoms with E-state index in [0.717, 1.165) is 5.56 Å². The molecule has 0 bridgehead atoms. The van der Waals surface area contributed by atoms with Crippen molar-refractivity contribution in [3.63, 3.8) is 0 Å². The van der Waals surface area contributed by atoms with E-state index in [4.69, 9.17) is 16.2 Å². The maximum absolute atomic E-state index is 13.1. The van der Waals surface area contributed by atoms with E-state index >= 15 is 0 Å². The van der Waals surface area contributed by atoms with Crippen molar-refractivity contribution in [3.05, 3.63) is 41.2 Å². The second-order valence-corrected chi connectivity index (χ2v) is 7.80. The van der Waals surface area contributed by atoms with Gasteiger partial charge in [-0.1, -0.05) is 17.3 Å². The van der Waals surface area contributed by atoms with Crippen LogP contribution in [0.3, 0.4) is 0 Å². The molecule has 12 nitrogen and oxygen atoms in total. The first-order valence-electron chi connectivity index (χ1n) is 10.1. The lowest BCUT2D eigenvalue weighted by molar-refractivity contribution is -0.152. The SMILES string of the molecule is COc1ccc(C[C@@H]2NC(=O)[C@@H]3C[C@@H](n4nnc(C(N)=O)c4C(N)=O)CCN3C2=O)cc1. The molecule has 2 aliphatic rings. The number of hydrogen-bond acceptors (Lipinski definition) is 7. The Morgan fingerprint density at radius 1 is 1.19 bits per heavy atom. The van der Waals surface area contributed by atoms with Crippen LogP contribution < -0.4 is 21.5 Å². The Balaban J connectivity index is 1.50. The molecule has 0 spiro atoms. The third kappa shape index (κ3) is 3.74. The second kappa shape index (κ2) is 8.29. The molecule has 0 aliphatic carbocycles. The third-order valence-electron chi connectivity index (χ3n) is 5.88. The van der Waals surface area contributed by atoms with Crippen molar-refractivity contribution in [1.29, 1.82) is 0 Å². The lowest BCUT2D eigenvalue weighted by Crippen LogP contribution is -2.65. The monoisotopic (exact) mass is 441 g/mol. The van der Waals surface area contributed by atoms with E-state index in [1.54, 1.807) is 24.1 Å². The molecule has 5 N–H and O–H groups in total. The Morgan fingerprint density at radius 3 is 2.53 bits per heavy atom. The fourth-order valence-corrected chi connectivity index (χ4v) is 4.29. The number of amides is 4. The van der Waals surface area contributed by atoms with Gasteiger partial charge in [-0.25, -0.2) is 4.68 Å². The van der Waals surface area contributed by atoms with Crippen LogP contribution in [-0.4, -0.2) is 69.3 Å². The van der Waals surface area contributed by atoms with Gasteiger partial charge in [0.15, 0.2) is 11.4 Å². The summed E-state index contributed by atoms with van der Waals surface area (Å²) in [5.74, 6) is -1.57. The minimum absolute atomic E-state index is 0.171. The van der Waals surface area contributed by atoms with E-state index in [1.165, 1.54) is 4.68 Å². The molecule has 3 heterocycles. The van der Waals surface area contributed by atoms with Gasteiger partial charge in [0.1, 0.15) is 17.8 Å². The Labute approximate surface area is 182 Å². The van der Waals surface area contributed by atoms with Gasteiger partial charge >= 0.3 is 0 Å². The molecule has 168 valence electrons. The Bertz CT molecular complexity index is 1080. The van der Waals surface area contributed by atoms with Gasteiger partial charge in [0.2, 0.25) is 11.8 Å². The van der Waals surface area contributed by atoms with Crippen molar-refractivity contribution in [3.8, 4) is 5.75 Å². The number of piperidine rings is 1. The van der Waals surface area contributed by atoms with Crippen LogP contribution in [0.5, 0.6) is 5.75 Å². The highest BCUT2D eigenvalue weighted by atomic mass is 16.5. The average molecular weight is 441 g/mol. The molecule has 1 aromatic carbocycles. The fourth-order valence-electron chi connectivity index (χ4n) is 4.29. The normalized spacial score (nSPS) is 22.8. The molecular weight excluding hydrogens is 418 g/mol. The number of methoxy groups -OCH3 is 1. The molecule has 1 aromatic heterocycles. The van der Waals surface area contributed by atoms with E-state index < -0.39 is 29.9 Å². The Hall–Kier alpha value is -3.96. The molecule has 2 fully saturated rings. The van der Waals surface area contributed by atoms with Gasteiger partial charge in [0.25, 0.3) is 11.8 Å². The van der Waals surface area contributed by atoms with Crippen LogP contribution in [0.25, 0.3) is 0 Å². The molecule has 4 rings (SSSR count). The number of fused-ring (bicyclic) bond motifs is 1. The first-order valence-corrected chi connectivity index (χ1v) is 10.1. The second-order valence-electron chi connectivity index (χ2n) is 7.80. The van der Waals surface area contributed by atoms with Crippen LogP contribution >= 0.6 is 0 Å². The van der Waals surface area contributed by atoms with Gasteiger partial charge in [0.05, 0.1) is 13.2 Å². The van der Waals surface area contributed by atoms with Crippen LogP contribution in [-0.2, 0) is 16.0 Å². The maximum Gasteiger partial charge on any atom is 0.271 e. The molecule has 2 aliphatic heterocycles. The van der Waals surface area contributed by atoms with Crippen molar-refractivity contribution in [2.75, 3.05) is 13.7 Å². The number of ether oxygens (including phenoxy) is 1. The summed E-state index contributed by atoms with van der Waals surface area (Å²) in [6.07, 6.45) is 0.972. The van der Waals surface area contributed by atoms with Crippen molar-refractivity contribution in [2.24, 2.45) is 11.5 Å². The van der Waals surface area contributed by atoms with E-state index in [0.29, 0.717) is 18.6 Å². The number of benzene rings is 1. The molecule has 0 saturated carbocycles. The summed E-state index contributed by atoms with van der Waals surface area (Å²) in [6, 6.07) is 5.46. The van der Waals surface area contributed by atoms with Crippen LogP contribution in [0.15, 0.2) is 24.3 Å². The lowest BCUT2D eigenvalue weighted by Gasteiger charge is -2.44. The number of nitrogens with one attached hydrogen (secondary N) is 1. The van der Waals surface area contributed by atoms with E-state index in [-0.39, 0.29) is 36.2 Å². The largest absolute Gasteiger partial charge is 0.497 e. The van der Waals surface area contributed by atoms with E-state index in [2.05, 4.69) is 15.6 Å². The summed E-state index contributed by atoms with van der Waals surface area (Å²) in [5.41, 5.74) is 11.0. The highest BCUT2D eigenvalue weighted by Crippen LogP contribution is 2.31. The van der Waals surface area contributed by atoms with E-state index in [9.17, 15) is 19.2 Å². The smallest absolute Gasteiger partial charge is 0.271 e. The Morgan fingerprint density at radius 2 is 1.91 bits per heavy atom. The standard InChI is InChI=1S/C20H23N7O5/c1-32-12-4-2-10(3-5-12)8-13-20(31)26-7-6-11(9-14(26)19(30)23-13)27-16(18(22)29)15(17(21)28)24-25-27/h2-5,11,13-14H,6-9H2,1H3,(H2,21,28)(H2,22,29)(H,23,30)/t11-,13-,14-/m0/s1. The first kappa shape index (κ1) is 21.3. The summed E-state index contributed by atoms with van der Waals surface area (Å²) < 4.78 is 6.38. The molecular formula is C20H23N7O5. The number of rotatable bonds is 6. The summed E-state index contributed by atoms with van der Waals surface area (Å²) in [5, 5.41) is 10.3. The summed E-state index contributed by atoms with van der Waals surface area (Å²) in [4.78, 5) is 50.9. The van der Waals surface area contributed by atoms with Gasteiger partial charge in [-0.3, -0.25) is 19.2 Å². The van der Waals surface area contributed by atoms with Crippen LogP contribution in [0.1, 0.15) is 45.4 Å². The van der Waals surface area contributed by atoms with Crippen molar-refractivity contribution in [1.82, 2.24) is 25.2 Å². The molecule has 0 unspecified atom stereocenters. The highest BCUT2D eigenvalue weighted by molar-refractivity contribution is 6.03. The van der Waals surface area contributed by atoms with Gasteiger partial charge in [-0.2, -0.15) is 0 Å². The number of nitrogens with two attached hydrogens (primary N) is 2. The number of aromatic nitrogens is 3. The molecule has 0 radical (unpaired) electrons. The maximum atomic E-state index is 13.1. The zero-order valence-corrected chi connectivity index (χ0v) is 17.4. The fraction of sp³-hybridized carbons (Fsp3) is 0.400. The zero-order valence-electron chi connectivity index (χ0n) is 17.4. The number of piperazine rings is 1. The number of primary amides is 2. The zero-order chi connectivity index (χ0) is 23.0. The molecule has 2 aromatic rings. The van der Waals surface area contributed by atoms with E-state index in [1.807, 2.05) is 12.1 Å². The average Bonchev–Trinajstić information content (AvgIpc) is 3.23. The molecule has 32 heavy (non-hydrogen) atoms. The third-order valence-corrected chi connectivity index (χ3v) is 5.88. The van der Waals surface area contributed by atoms with Gasteiger partial charge in [-0.05, 0) is 30.5 Å². The number of nitrogens with zero attached hydrogens (tertiary/aromatic N) is 4. The Kier molecular flexibility index (Phi) is 5.51. The van der Waals surface area contributed by atoms with Gasteiger partial charge in [0, 0.05) is 13.0 Å². The first-order chi connectivity index (χ1) is 15.3. The summed E-state index contributed by atoms with van der Waals surface area (Å²) in [6.45, 7) is 0.282. The van der Waals surface area contributed by atoms with Gasteiger partial charge in [-0.15, -0.1) is 5.10 Å². The van der Waals surface area contributed by atoms with Crippen molar-refractivity contribution < 1.29 is 23.9 Å². The van der Waals surface area contributed by atoms with Gasteiger partial charge < -0.3 is 26.4 Å². The van der Waals surface area contributed by atoms with Crippen molar-refractivity contribution >= 4 is 23.6 Å². The minimum atomic E-state index is -0.922. The molecule has 2 saturated heterocycles. The van der Waals surface area contributed by atoms with Crippen molar-refractivity contribution in [2.45, 2.75) is 37.4 Å². The number of carbonyl (C=O) groups is 4. The molecule has 12 heteroatoms. The minimum Gasteiger partial charge on any atom is -0.497 e. The van der Waals surface area contributed by atoms with Crippen LogP contribution in [0.4, 0.5) is 0 Å². The van der Waals surface area contributed by atoms with Crippen LogP contribution in [0, 0.1) is 0 Å². The number of hydrogen-bond donors (Lipinski definition) is 3. The predicted molar refractivity (Wildman–Crippen MR) is 109 cm³/mol. The topological polar surface area (TPSA) is 176 Å². The quantitative estimate of drug-likeness (QED) is 0.502. The molecule has 3 atom stereocenters. The summed E-state index contributed by atoms with van der Waals surface area (Å²) in [7, 11) is 1.57. The highest BCUT2D eigenvalue weighted by Gasteiger charge is 2.45. The summed E-state index contributed by atoms with van der Waals surface area (Å²) >= 11 is 0. The number of carbonyl (C=O) groups excluding carboxylic acids is 4. The predicted octanol–water partition coefficient (Wildman–Crippen LogP) is -1.24. The van der Waals surface area contributed by atoms with Crippen LogP contribution in [0.2, 0.25) is 0 Å². The lowest BCUT2D eigenvalue weighted by atomic mass is 9.91.